The Labute approximate surface area is 159 Å². The van der Waals surface area contributed by atoms with E-state index < -0.39 is 6.10 Å². The fourth-order valence-electron chi connectivity index (χ4n) is 3.33. The van der Waals surface area contributed by atoms with E-state index in [-0.39, 0.29) is 30.3 Å². The number of carbonyl (C=O) groups excluding carboxylic acids is 2. The van der Waals surface area contributed by atoms with E-state index in [1.807, 2.05) is 0 Å². The van der Waals surface area contributed by atoms with Crippen molar-refractivity contribution in [3.8, 4) is 5.75 Å². The number of hydrogen-bond donors (Lipinski definition) is 2. The third-order valence-corrected chi connectivity index (χ3v) is 4.72. The second kappa shape index (κ2) is 9.21. The number of ether oxygens (including phenoxy) is 2. The maximum absolute atomic E-state index is 12.4. The molecule has 2 amide bonds. The molecule has 2 aliphatic heterocycles. The first-order valence-electron chi connectivity index (χ1n) is 8.77. The van der Waals surface area contributed by atoms with E-state index in [1.54, 1.807) is 30.2 Å². The van der Waals surface area contributed by atoms with Crippen molar-refractivity contribution in [3.05, 3.63) is 18.2 Å². The molecule has 0 bridgehead atoms. The minimum atomic E-state index is -0.476. The highest BCUT2D eigenvalue weighted by atomic mass is 35.5. The second-order valence-electron chi connectivity index (χ2n) is 6.44. The summed E-state index contributed by atoms with van der Waals surface area (Å²) in [6, 6.07) is 5.32. The summed E-state index contributed by atoms with van der Waals surface area (Å²) < 4.78 is 11.0. The van der Waals surface area contributed by atoms with Gasteiger partial charge in [-0.25, -0.2) is 0 Å². The number of nitrogens with one attached hydrogen (secondary N) is 1. The standard InChI is InChI=1S/C18H25N3O4.ClH/c1-24-15-7-5-12(10-14(15)21-9-3-2-4-17(21)22)20-18(23)16-8-6-13(11-19)25-16;/h5,7,10,13,16H,2-4,6,8-9,11,19H2,1H3,(H,20,23);1H/t13-,16+;/m1./s1. The summed E-state index contributed by atoms with van der Waals surface area (Å²) in [4.78, 5) is 26.4. The number of halogens is 1. The quantitative estimate of drug-likeness (QED) is 0.811. The summed E-state index contributed by atoms with van der Waals surface area (Å²) in [5, 5.41) is 2.88. The van der Waals surface area contributed by atoms with E-state index in [2.05, 4.69) is 5.32 Å². The fraction of sp³-hybridized carbons (Fsp3) is 0.556. The lowest BCUT2D eigenvalue weighted by atomic mass is 10.1. The average molecular weight is 384 g/mol. The highest BCUT2D eigenvalue weighted by Crippen LogP contribution is 2.34. The van der Waals surface area contributed by atoms with Gasteiger partial charge in [-0.3, -0.25) is 9.59 Å². The Morgan fingerprint density at radius 2 is 2.19 bits per heavy atom. The summed E-state index contributed by atoms with van der Waals surface area (Å²) in [5.74, 6) is 0.517. The molecular weight excluding hydrogens is 358 g/mol. The Kier molecular flexibility index (Phi) is 7.25. The molecule has 2 aliphatic rings. The average Bonchev–Trinajstić information content (AvgIpc) is 3.11. The highest BCUT2D eigenvalue weighted by molar-refractivity contribution is 5.98. The number of piperidine rings is 1. The summed E-state index contributed by atoms with van der Waals surface area (Å²) in [6.07, 6.45) is 3.35. The van der Waals surface area contributed by atoms with Crippen LogP contribution in [0.15, 0.2) is 18.2 Å². The zero-order valence-corrected chi connectivity index (χ0v) is 15.7. The predicted octanol–water partition coefficient (Wildman–Crippen LogP) is 2.08. The van der Waals surface area contributed by atoms with Gasteiger partial charge in [-0.05, 0) is 43.9 Å². The molecule has 3 rings (SSSR count). The van der Waals surface area contributed by atoms with Crippen molar-refractivity contribution >= 4 is 35.6 Å². The van der Waals surface area contributed by atoms with Crippen LogP contribution in [0.4, 0.5) is 11.4 Å². The van der Waals surface area contributed by atoms with Gasteiger partial charge in [0.1, 0.15) is 11.9 Å². The van der Waals surface area contributed by atoms with Gasteiger partial charge in [0.05, 0.1) is 18.9 Å². The maximum atomic E-state index is 12.4. The van der Waals surface area contributed by atoms with Gasteiger partial charge in [-0.2, -0.15) is 0 Å². The first-order valence-corrected chi connectivity index (χ1v) is 8.77. The molecule has 0 radical (unpaired) electrons. The van der Waals surface area contributed by atoms with Crippen LogP contribution in [0.1, 0.15) is 32.1 Å². The maximum Gasteiger partial charge on any atom is 0.253 e. The SMILES string of the molecule is COc1ccc(NC(=O)[C@@H]2CC[C@H](CN)O2)cc1N1CCCCC1=O.Cl. The van der Waals surface area contributed by atoms with Crippen LogP contribution in [0.5, 0.6) is 5.75 Å². The fourth-order valence-corrected chi connectivity index (χ4v) is 3.33. The van der Waals surface area contributed by atoms with Gasteiger partial charge < -0.3 is 25.4 Å². The molecule has 2 heterocycles. The Morgan fingerprint density at radius 3 is 2.85 bits per heavy atom. The normalized spacial score (nSPS) is 22.7. The molecule has 0 saturated carbocycles. The van der Waals surface area contributed by atoms with Crippen LogP contribution in [0.2, 0.25) is 0 Å². The van der Waals surface area contributed by atoms with Gasteiger partial charge in [0, 0.05) is 25.2 Å². The molecule has 2 saturated heterocycles. The third-order valence-electron chi connectivity index (χ3n) is 4.72. The number of carbonyl (C=O) groups is 2. The molecule has 3 N–H and O–H groups in total. The van der Waals surface area contributed by atoms with Crippen molar-refractivity contribution in [1.82, 2.24) is 0 Å². The Morgan fingerprint density at radius 1 is 1.38 bits per heavy atom. The molecule has 0 aromatic heterocycles. The lowest BCUT2D eigenvalue weighted by molar-refractivity contribution is -0.126. The summed E-state index contributed by atoms with van der Waals surface area (Å²) in [7, 11) is 1.57. The largest absolute Gasteiger partial charge is 0.495 e. The summed E-state index contributed by atoms with van der Waals surface area (Å²) in [5.41, 5.74) is 6.90. The van der Waals surface area contributed by atoms with Gasteiger partial charge in [-0.15, -0.1) is 12.4 Å². The number of nitrogens with two attached hydrogens (primary N) is 1. The van der Waals surface area contributed by atoms with Gasteiger partial charge in [0.2, 0.25) is 5.91 Å². The van der Waals surface area contributed by atoms with Crippen LogP contribution in [0.3, 0.4) is 0 Å². The van der Waals surface area contributed by atoms with Crippen molar-refractivity contribution in [2.75, 3.05) is 30.4 Å². The number of anilines is 2. The monoisotopic (exact) mass is 383 g/mol. The van der Waals surface area contributed by atoms with Crippen molar-refractivity contribution < 1.29 is 19.1 Å². The molecular formula is C18H26ClN3O4. The zero-order valence-electron chi connectivity index (χ0n) is 14.9. The Bertz CT molecular complexity index is 655. The molecule has 26 heavy (non-hydrogen) atoms. The molecule has 0 unspecified atom stereocenters. The molecule has 1 aromatic rings. The third kappa shape index (κ3) is 4.47. The molecule has 1 aromatic carbocycles. The van der Waals surface area contributed by atoms with E-state index in [0.717, 1.165) is 19.3 Å². The van der Waals surface area contributed by atoms with Crippen molar-refractivity contribution in [2.24, 2.45) is 5.73 Å². The van der Waals surface area contributed by atoms with Crippen LogP contribution in [-0.4, -0.2) is 44.2 Å². The minimum absolute atomic E-state index is 0. The number of nitrogens with zero attached hydrogens (tertiary/aromatic N) is 1. The minimum Gasteiger partial charge on any atom is -0.495 e. The van der Waals surface area contributed by atoms with Gasteiger partial charge in [-0.1, -0.05) is 0 Å². The summed E-state index contributed by atoms with van der Waals surface area (Å²) >= 11 is 0. The molecule has 144 valence electrons. The van der Waals surface area contributed by atoms with Crippen LogP contribution in [-0.2, 0) is 14.3 Å². The molecule has 2 atom stereocenters. The number of rotatable bonds is 5. The number of benzene rings is 1. The van der Waals surface area contributed by atoms with Crippen molar-refractivity contribution in [2.45, 2.75) is 44.3 Å². The molecule has 7 nitrogen and oxygen atoms in total. The molecule has 0 spiro atoms. The number of methoxy groups -OCH3 is 1. The number of amides is 2. The Balaban J connectivity index is 0.00000243. The van der Waals surface area contributed by atoms with Gasteiger partial charge >= 0.3 is 0 Å². The van der Waals surface area contributed by atoms with Gasteiger partial charge in [0.15, 0.2) is 0 Å². The summed E-state index contributed by atoms with van der Waals surface area (Å²) in [6.45, 7) is 1.09. The highest BCUT2D eigenvalue weighted by Gasteiger charge is 2.30. The Hall–Kier alpha value is -1.83. The first-order chi connectivity index (χ1) is 12.1. The van der Waals surface area contributed by atoms with Crippen LogP contribution < -0.4 is 20.7 Å². The first kappa shape index (κ1) is 20.5. The van der Waals surface area contributed by atoms with Crippen molar-refractivity contribution in [3.63, 3.8) is 0 Å². The lowest BCUT2D eigenvalue weighted by Crippen LogP contribution is -2.35. The van der Waals surface area contributed by atoms with Crippen LogP contribution >= 0.6 is 12.4 Å². The van der Waals surface area contributed by atoms with E-state index >= 15 is 0 Å². The zero-order chi connectivity index (χ0) is 17.8. The van der Waals surface area contributed by atoms with E-state index in [9.17, 15) is 9.59 Å². The van der Waals surface area contributed by atoms with Gasteiger partial charge in [0.25, 0.3) is 5.91 Å². The lowest BCUT2D eigenvalue weighted by Gasteiger charge is -2.28. The molecule has 0 aliphatic carbocycles. The van der Waals surface area contributed by atoms with E-state index in [0.29, 0.717) is 43.1 Å². The molecule has 8 heteroatoms. The smallest absolute Gasteiger partial charge is 0.253 e. The van der Waals surface area contributed by atoms with Crippen LogP contribution in [0.25, 0.3) is 0 Å². The topological polar surface area (TPSA) is 93.9 Å². The van der Waals surface area contributed by atoms with Crippen LogP contribution in [0, 0.1) is 0 Å². The van der Waals surface area contributed by atoms with E-state index in [1.165, 1.54) is 0 Å². The van der Waals surface area contributed by atoms with Crippen molar-refractivity contribution in [1.29, 1.82) is 0 Å². The predicted molar refractivity (Wildman–Crippen MR) is 102 cm³/mol. The van der Waals surface area contributed by atoms with E-state index in [4.69, 9.17) is 15.2 Å². The number of hydrogen-bond acceptors (Lipinski definition) is 5. The molecule has 2 fully saturated rings. The second-order valence-corrected chi connectivity index (χ2v) is 6.44.